The zero-order chi connectivity index (χ0) is 13.9. The second kappa shape index (κ2) is 10.3. The SMILES string of the molecule is COC(=O)CCNC(=O)NCCCCC1CCSS1. The molecule has 0 spiro atoms. The van der Waals surface area contributed by atoms with Crippen molar-refractivity contribution in [2.45, 2.75) is 37.4 Å². The van der Waals surface area contributed by atoms with Gasteiger partial charge in [-0.1, -0.05) is 28.0 Å². The van der Waals surface area contributed by atoms with E-state index in [4.69, 9.17) is 0 Å². The first kappa shape index (κ1) is 16.5. The van der Waals surface area contributed by atoms with Crippen molar-refractivity contribution in [3.8, 4) is 0 Å². The number of carbonyl (C=O) groups is 2. The van der Waals surface area contributed by atoms with Crippen molar-refractivity contribution in [2.75, 3.05) is 26.0 Å². The molecule has 0 radical (unpaired) electrons. The average Bonchev–Trinajstić information content (AvgIpc) is 2.91. The molecule has 5 nitrogen and oxygen atoms in total. The number of carbonyl (C=O) groups excluding carboxylic acids is 2. The molecule has 1 aliphatic heterocycles. The maximum Gasteiger partial charge on any atom is 0.314 e. The summed E-state index contributed by atoms with van der Waals surface area (Å²) in [6, 6.07) is -0.213. The van der Waals surface area contributed by atoms with Crippen molar-refractivity contribution in [2.24, 2.45) is 0 Å². The molecule has 0 aliphatic carbocycles. The van der Waals surface area contributed by atoms with Crippen LogP contribution in [0.25, 0.3) is 0 Å². The highest BCUT2D eigenvalue weighted by atomic mass is 33.1. The van der Waals surface area contributed by atoms with Crippen LogP contribution in [-0.4, -0.2) is 43.2 Å². The fourth-order valence-electron chi connectivity index (χ4n) is 1.71. The lowest BCUT2D eigenvalue weighted by molar-refractivity contribution is -0.140. The minimum atomic E-state index is -0.313. The summed E-state index contributed by atoms with van der Waals surface area (Å²) < 4.78 is 4.48. The van der Waals surface area contributed by atoms with Crippen LogP contribution in [0.3, 0.4) is 0 Å². The first-order chi connectivity index (χ1) is 9.22. The lowest BCUT2D eigenvalue weighted by atomic mass is 10.1. The van der Waals surface area contributed by atoms with Gasteiger partial charge in [0.15, 0.2) is 0 Å². The number of methoxy groups -OCH3 is 1. The molecule has 1 saturated heterocycles. The molecule has 1 fully saturated rings. The normalized spacial score (nSPS) is 18.1. The Labute approximate surface area is 122 Å². The standard InChI is InChI=1S/C12H22N2O3S2/c1-17-11(15)5-8-14-12(16)13-7-3-2-4-10-6-9-18-19-10/h10H,2-9H2,1H3,(H2,13,14,16). The van der Waals surface area contributed by atoms with E-state index in [9.17, 15) is 9.59 Å². The Morgan fingerprint density at radius 2 is 2.05 bits per heavy atom. The maximum atomic E-state index is 11.4. The molecule has 110 valence electrons. The van der Waals surface area contributed by atoms with E-state index < -0.39 is 0 Å². The van der Waals surface area contributed by atoms with Gasteiger partial charge in [0.05, 0.1) is 13.5 Å². The Morgan fingerprint density at radius 1 is 1.26 bits per heavy atom. The molecule has 19 heavy (non-hydrogen) atoms. The number of urea groups is 1. The molecule has 1 rings (SSSR count). The summed E-state index contributed by atoms with van der Waals surface area (Å²) >= 11 is 0. The lowest BCUT2D eigenvalue weighted by Crippen LogP contribution is -2.37. The van der Waals surface area contributed by atoms with Gasteiger partial charge >= 0.3 is 12.0 Å². The van der Waals surface area contributed by atoms with E-state index in [0.29, 0.717) is 13.1 Å². The minimum absolute atomic E-state index is 0.209. The monoisotopic (exact) mass is 306 g/mol. The van der Waals surface area contributed by atoms with Crippen LogP contribution in [-0.2, 0) is 9.53 Å². The van der Waals surface area contributed by atoms with E-state index in [-0.39, 0.29) is 18.4 Å². The van der Waals surface area contributed by atoms with Crippen molar-refractivity contribution < 1.29 is 14.3 Å². The van der Waals surface area contributed by atoms with E-state index in [1.54, 1.807) is 0 Å². The quantitative estimate of drug-likeness (QED) is 0.409. The summed E-state index contributed by atoms with van der Waals surface area (Å²) in [6.45, 7) is 1.00. The summed E-state index contributed by atoms with van der Waals surface area (Å²) in [7, 11) is 5.30. The molecule has 2 amide bonds. The van der Waals surface area contributed by atoms with Crippen molar-refractivity contribution in [1.29, 1.82) is 0 Å². The highest BCUT2D eigenvalue weighted by molar-refractivity contribution is 8.77. The van der Waals surface area contributed by atoms with Crippen LogP contribution in [0.1, 0.15) is 32.1 Å². The summed E-state index contributed by atoms with van der Waals surface area (Å²) in [5, 5.41) is 6.21. The number of unbranched alkanes of at least 4 members (excludes halogenated alkanes) is 1. The third-order valence-corrected chi connectivity index (χ3v) is 5.81. The third-order valence-electron chi connectivity index (χ3n) is 2.81. The number of hydrogen-bond donors (Lipinski definition) is 2. The van der Waals surface area contributed by atoms with E-state index in [2.05, 4.69) is 15.4 Å². The highest BCUT2D eigenvalue weighted by Gasteiger charge is 2.15. The smallest absolute Gasteiger partial charge is 0.314 e. The van der Waals surface area contributed by atoms with E-state index in [1.165, 1.54) is 25.7 Å². The van der Waals surface area contributed by atoms with Crippen molar-refractivity contribution in [3.05, 3.63) is 0 Å². The molecular weight excluding hydrogens is 284 g/mol. The van der Waals surface area contributed by atoms with Gasteiger partial charge in [-0.2, -0.15) is 0 Å². The van der Waals surface area contributed by atoms with E-state index >= 15 is 0 Å². The highest BCUT2D eigenvalue weighted by Crippen LogP contribution is 2.39. The van der Waals surface area contributed by atoms with Gasteiger partial charge in [-0.25, -0.2) is 4.79 Å². The summed E-state index contributed by atoms with van der Waals surface area (Å²) in [5.74, 6) is 0.961. The van der Waals surface area contributed by atoms with Gasteiger partial charge in [0.2, 0.25) is 0 Å². The molecule has 0 saturated carbocycles. The van der Waals surface area contributed by atoms with Gasteiger partial charge in [-0.05, 0) is 19.3 Å². The largest absolute Gasteiger partial charge is 0.469 e. The number of rotatable bonds is 8. The van der Waals surface area contributed by atoms with Crippen LogP contribution in [0.4, 0.5) is 4.79 Å². The van der Waals surface area contributed by atoms with Crippen LogP contribution in [0, 0.1) is 0 Å². The molecule has 0 aromatic rings. The van der Waals surface area contributed by atoms with Crippen LogP contribution in [0.5, 0.6) is 0 Å². The topological polar surface area (TPSA) is 67.4 Å². The Morgan fingerprint density at radius 3 is 2.74 bits per heavy atom. The van der Waals surface area contributed by atoms with Crippen LogP contribution >= 0.6 is 21.6 Å². The molecule has 0 bridgehead atoms. The van der Waals surface area contributed by atoms with Gasteiger partial charge in [-0.3, -0.25) is 4.79 Å². The van der Waals surface area contributed by atoms with E-state index in [1.807, 2.05) is 21.6 Å². The summed E-state index contributed by atoms with van der Waals surface area (Å²) in [5.41, 5.74) is 0. The van der Waals surface area contributed by atoms with Crippen LogP contribution in [0.15, 0.2) is 0 Å². The molecule has 0 aromatic heterocycles. The molecule has 0 aromatic carbocycles. The van der Waals surface area contributed by atoms with Crippen molar-refractivity contribution in [1.82, 2.24) is 10.6 Å². The Bertz CT molecular complexity index is 284. The Kier molecular flexibility index (Phi) is 8.90. The van der Waals surface area contributed by atoms with E-state index in [0.717, 1.165) is 18.1 Å². The molecule has 7 heteroatoms. The molecule has 1 heterocycles. The van der Waals surface area contributed by atoms with Crippen LogP contribution in [0.2, 0.25) is 0 Å². The minimum Gasteiger partial charge on any atom is -0.469 e. The van der Waals surface area contributed by atoms with Gasteiger partial charge in [0, 0.05) is 24.1 Å². The van der Waals surface area contributed by atoms with Gasteiger partial charge in [-0.15, -0.1) is 0 Å². The summed E-state index contributed by atoms with van der Waals surface area (Å²) in [6.07, 6.45) is 4.92. The number of amides is 2. The second-order valence-electron chi connectivity index (χ2n) is 4.33. The Balaban J connectivity index is 1.88. The van der Waals surface area contributed by atoms with Crippen LogP contribution < -0.4 is 10.6 Å². The average molecular weight is 306 g/mol. The molecule has 1 aliphatic rings. The zero-order valence-corrected chi connectivity index (χ0v) is 12.9. The number of nitrogens with one attached hydrogen (secondary N) is 2. The van der Waals surface area contributed by atoms with Gasteiger partial charge in [0.1, 0.15) is 0 Å². The third kappa shape index (κ3) is 8.26. The lowest BCUT2D eigenvalue weighted by Gasteiger charge is -2.08. The fraction of sp³-hybridized carbons (Fsp3) is 0.833. The maximum absolute atomic E-state index is 11.4. The number of esters is 1. The molecule has 1 unspecified atom stereocenters. The fourth-order valence-corrected chi connectivity index (χ4v) is 4.73. The molecular formula is C12H22N2O3S2. The predicted molar refractivity (Wildman–Crippen MR) is 80.3 cm³/mol. The van der Waals surface area contributed by atoms with Gasteiger partial charge in [0.25, 0.3) is 0 Å². The number of ether oxygens (including phenoxy) is 1. The van der Waals surface area contributed by atoms with Gasteiger partial charge < -0.3 is 15.4 Å². The second-order valence-corrected chi connectivity index (χ2v) is 7.12. The Hall–Kier alpha value is -0.560. The first-order valence-corrected chi connectivity index (χ1v) is 8.97. The predicted octanol–water partition coefficient (Wildman–Crippen LogP) is 2.17. The zero-order valence-electron chi connectivity index (χ0n) is 11.3. The number of hydrogen-bond acceptors (Lipinski definition) is 5. The summed E-state index contributed by atoms with van der Waals surface area (Å²) in [4.78, 5) is 22.2. The van der Waals surface area contributed by atoms with Crippen molar-refractivity contribution in [3.63, 3.8) is 0 Å². The first-order valence-electron chi connectivity index (χ1n) is 6.59. The molecule has 2 N–H and O–H groups in total. The van der Waals surface area contributed by atoms with Crippen molar-refractivity contribution >= 4 is 33.6 Å². The molecule has 1 atom stereocenters.